The molecule has 18 heteroatoms. The molecule has 0 aliphatic heterocycles. The van der Waals surface area contributed by atoms with Crippen molar-refractivity contribution in [1.29, 1.82) is 0 Å². The summed E-state index contributed by atoms with van der Waals surface area (Å²) in [5, 5.41) is 40.6. The molecule has 0 bridgehead atoms. The molecular weight excluding hydrogens is 608 g/mol. The molecule has 5 N–H and O–H groups in total. The summed E-state index contributed by atoms with van der Waals surface area (Å²) in [6, 6.07) is 2.46. The number of hydrogen-bond donors (Lipinski definition) is 5. The summed E-state index contributed by atoms with van der Waals surface area (Å²) in [4.78, 5) is 22.2. The van der Waals surface area contributed by atoms with E-state index in [0.29, 0.717) is 49.9 Å². The van der Waals surface area contributed by atoms with Crippen LogP contribution in [0.3, 0.4) is 0 Å². The summed E-state index contributed by atoms with van der Waals surface area (Å²) in [6.45, 7) is 2.41. The predicted octanol–water partition coefficient (Wildman–Crippen LogP) is 1.87. The summed E-state index contributed by atoms with van der Waals surface area (Å²) < 4.78 is 99.9. The molecule has 2 aromatic rings. The second-order valence-electron chi connectivity index (χ2n) is 9.70. The summed E-state index contributed by atoms with van der Waals surface area (Å²) in [6.07, 6.45) is -8.04. The lowest BCUT2D eigenvalue weighted by Gasteiger charge is -2.18. The molecule has 43 heavy (non-hydrogen) atoms. The SMILES string of the molecule is CC[C@@H](CCCCNC(=O)CN=S(=O)(c1cc(B(O)O)cc(C(F)(F)F)c1)c1cc(B(O)O)cc(C(F)(F)F)c1)C(C)=O. The molecule has 0 aliphatic rings. The number of Topliss-reactive ketones (excluding diaryl/α,β-unsaturated/α-hetero) is 1. The Morgan fingerprint density at radius 1 is 0.860 bits per heavy atom. The van der Waals surface area contributed by atoms with Crippen LogP contribution in [0.1, 0.15) is 50.7 Å². The van der Waals surface area contributed by atoms with E-state index in [1.54, 1.807) is 0 Å². The molecule has 0 saturated heterocycles. The van der Waals surface area contributed by atoms with Crippen LogP contribution < -0.4 is 16.2 Å². The maximum atomic E-state index is 14.3. The highest BCUT2D eigenvalue weighted by Crippen LogP contribution is 2.35. The van der Waals surface area contributed by atoms with Crippen LogP contribution in [-0.4, -0.2) is 63.3 Å². The van der Waals surface area contributed by atoms with E-state index < -0.39 is 80.6 Å². The number of carbonyl (C=O) groups is 2. The summed E-state index contributed by atoms with van der Waals surface area (Å²) in [5.74, 6) is -0.992. The molecule has 1 atom stereocenters. The quantitative estimate of drug-likeness (QED) is 0.128. The van der Waals surface area contributed by atoms with Crippen molar-refractivity contribution in [2.45, 2.75) is 61.7 Å². The van der Waals surface area contributed by atoms with Gasteiger partial charge >= 0.3 is 26.6 Å². The fourth-order valence-corrected chi connectivity index (χ4v) is 6.15. The van der Waals surface area contributed by atoms with Crippen LogP contribution in [-0.2, 0) is 31.7 Å². The number of amides is 1. The fourth-order valence-electron chi connectivity index (χ4n) is 4.12. The largest absolute Gasteiger partial charge is 0.488 e. The highest BCUT2D eigenvalue weighted by atomic mass is 32.2. The lowest BCUT2D eigenvalue weighted by molar-refractivity contribution is -0.138. The van der Waals surface area contributed by atoms with Gasteiger partial charge in [0.15, 0.2) is 0 Å². The number of unbranched alkanes of at least 4 members (excludes halogenated alkanes) is 1. The van der Waals surface area contributed by atoms with Crippen LogP contribution in [0.25, 0.3) is 0 Å². The van der Waals surface area contributed by atoms with E-state index in [-0.39, 0.29) is 30.4 Å². The van der Waals surface area contributed by atoms with Gasteiger partial charge in [-0.1, -0.05) is 25.5 Å². The second-order valence-corrected chi connectivity index (χ2v) is 12.0. The summed E-state index contributed by atoms with van der Waals surface area (Å²) in [7, 11) is -9.62. The second kappa shape index (κ2) is 14.7. The van der Waals surface area contributed by atoms with Gasteiger partial charge in [-0.15, -0.1) is 0 Å². The van der Waals surface area contributed by atoms with Gasteiger partial charge in [0.25, 0.3) is 0 Å². The minimum Gasteiger partial charge on any atom is -0.423 e. The molecule has 1 amide bonds. The smallest absolute Gasteiger partial charge is 0.423 e. The van der Waals surface area contributed by atoms with Crippen molar-refractivity contribution in [1.82, 2.24) is 5.32 Å². The number of carbonyl (C=O) groups excluding carboxylic acids is 2. The lowest BCUT2D eigenvalue weighted by Crippen LogP contribution is -2.33. The zero-order valence-electron chi connectivity index (χ0n) is 23.1. The van der Waals surface area contributed by atoms with Gasteiger partial charge in [-0.05, 0) is 61.4 Å². The first kappa shape index (κ1) is 36.3. The Bertz CT molecular complexity index is 1350. The van der Waals surface area contributed by atoms with E-state index in [1.165, 1.54) is 6.92 Å². The van der Waals surface area contributed by atoms with Crippen molar-refractivity contribution < 1.29 is 60.2 Å². The average Bonchev–Trinajstić information content (AvgIpc) is 2.91. The van der Waals surface area contributed by atoms with E-state index in [2.05, 4.69) is 9.68 Å². The van der Waals surface area contributed by atoms with Crippen LogP contribution in [0, 0.1) is 5.92 Å². The van der Waals surface area contributed by atoms with Gasteiger partial charge in [0, 0.05) is 12.5 Å². The maximum Gasteiger partial charge on any atom is 0.488 e. The topological polar surface area (TPSA) is 157 Å². The Labute approximate surface area is 244 Å². The standard InChI is InChI=1S/C25H30B2F6N2O7S/c1-3-16(15(2)36)6-4-5-7-34-23(37)14-35-43(42,21-10-17(24(28,29)30)8-19(12-21)26(38)39)22-11-18(25(31,32)33)9-20(13-22)27(40)41/h8-13,16,38-41H,3-7,14H2,1-2H3,(H,34,37)/t16-/m0/s1. The molecule has 0 aliphatic carbocycles. The number of ketones is 1. The van der Waals surface area contributed by atoms with Crippen LogP contribution in [0.2, 0.25) is 0 Å². The van der Waals surface area contributed by atoms with Gasteiger partial charge in [-0.3, -0.25) is 9.59 Å². The van der Waals surface area contributed by atoms with Gasteiger partial charge in [-0.2, -0.15) is 26.3 Å². The summed E-state index contributed by atoms with van der Waals surface area (Å²) in [5.41, 5.74) is -4.71. The highest BCUT2D eigenvalue weighted by Gasteiger charge is 2.36. The minimum atomic E-state index is -5.13. The molecule has 0 heterocycles. The van der Waals surface area contributed by atoms with Crippen molar-refractivity contribution in [3.05, 3.63) is 47.5 Å². The predicted molar refractivity (Wildman–Crippen MR) is 146 cm³/mol. The van der Waals surface area contributed by atoms with Gasteiger partial charge in [0.2, 0.25) is 5.91 Å². The van der Waals surface area contributed by atoms with Gasteiger partial charge < -0.3 is 25.4 Å². The molecule has 236 valence electrons. The third kappa shape index (κ3) is 10.1. The number of halogens is 6. The zero-order valence-corrected chi connectivity index (χ0v) is 23.9. The number of benzene rings is 2. The zero-order chi connectivity index (χ0) is 32.8. The van der Waals surface area contributed by atoms with E-state index >= 15 is 0 Å². The first-order chi connectivity index (χ1) is 19.8. The van der Waals surface area contributed by atoms with Gasteiger partial charge in [0.05, 0.1) is 20.9 Å². The molecule has 0 radical (unpaired) electrons. The molecule has 2 aromatic carbocycles. The van der Waals surface area contributed by atoms with E-state index in [9.17, 15) is 60.2 Å². The van der Waals surface area contributed by atoms with Crippen molar-refractivity contribution in [3.63, 3.8) is 0 Å². The van der Waals surface area contributed by atoms with E-state index in [0.717, 1.165) is 0 Å². The number of hydrogen-bond acceptors (Lipinski definition) is 8. The fraction of sp³-hybridized carbons (Fsp3) is 0.440. The third-order valence-corrected chi connectivity index (χ3v) is 8.75. The van der Waals surface area contributed by atoms with Crippen LogP contribution >= 0.6 is 0 Å². The van der Waals surface area contributed by atoms with E-state index in [1.807, 2.05) is 6.92 Å². The Hall–Kier alpha value is -2.92. The highest BCUT2D eigenvalue weighted by molar-refractivity contribution is 7.93. The van der Waals surface area contributed by atoms with Gasteiger partial charge in [0.1, 0.15) is 22.1 Å². The first-order valence-electron chi connectivity index (χ1n) is 13.0. The Balaban J connectivity index is 2.60. The number of nitrogens with zero attached hydrogens (tertiary/aromatic N) is 1. The number of nitrogens with one attached hydrogen (secondary N) is 1. The lowest BCUT2D eigenvalue weighted by atomic mass is 9.79. The van der Waals surface area contributed by atoms with Crippen LogP contribution in [0.5, 0.6) is 0 Å². The molecule has 0 fully saturated rings. The van der Waals surface area contributed by atoms with E-state index in [4.69, 9.17) is 0 Å². The maximum absolute atomic E-state index is 14.3. The van der Waals surface area contributed by atoms with Crippen molar-refractivity contribution in [2.75, 3.05) is 13.1 Å². The number of alkyl halides is 6. The van der Waals surface area contributed by atoms with Crippen LogP contribution in [0.15, 0.2) is 50.6 Å². The first-order valence-corrected chi connectivity index (χ1v) is 14.5. The normalized spacial score (nSPS) is 12.9. The minimum absolute atomic E-state index is 0.0260. The molecule has 0 aromatic heterocycles. The Morgan fingerprint density at radius 2 is 1.33 bits per heavy atom. The number of rotatable bonds is 13. The average molecular weight is 638 g/mol. The molecular formula is C25H30B2F6N2O7S. The molecule has 9 nitrogen and oxygen atoms in total. The van der Waals surface area contributed by atoms with Crippen molar-refractivity contribution in [3.8, 4) is 0 Å². The molecule has 2 rings (SSSR count). The molecule has 0 unspecified atom stereocenters. The van der Waals surface area contributed by atoms with Crippen LogP contribution in [0.4, 0.5) is 26.3 Å². The molecule has 0 spiro atoms. The van der Waals surface area contributed by atoms with Gasteiger partial charge in [-0.25, -0.2) is 8.57 Å². The third-order valence-electron chi connectivity index (χ3n) is 6.51. The summed E-state index contributed by atoms with van der Waals surface area (Å²) >= 11 is 0. The Morgan fingerprint density at radius 3 is 1.70 bits per heavy atom. The van der Waals surface area contributed by atoms with Crippen molar-refractivity contribution >= 4 is 46.6 Å². The Kier molecular flexibility index (Phi) is 12.4. The molecule has 0 saturated carbocycles. The van der Waals surface area contributed by atoms with Crippen molar-refractivity contribution in [2.24, 2.45) is 10.3 Å². The monoisotopic (exact) mass is 638 g/mol.